The van der Waals surface area contributed by atoms with E-state index in [0.29, 0.717) is 19.3 Å². The Kier molecular flexibility index (Phi) is 59.3. The van der Waals surface area contributed by atoms with Gasteiger partial charge in [-0.25, -0.2) is 0 Å². The number of hydrogen-bond acceptors (Lipinski definition) is 6. The molecule has 0 saturated carbocycles. The number of carbonyl (C=O) groups excluding carboxylic acids is 3. The van der Waals surface area contributed by atoms with Crippen molar-refractivity contribution < 1.29 is 28.6 Å². The van der Waals surface area contributed by atoms with Crippen LogP contribution in [-0.4, -0.2) is 37.2 Å². The molecule has 0 aliphatic heterocycles. The first-order valence-electron chi connectivity index (χ1n) is 31.4. The molecule has 0 saturated heterocycles. The van der Waals surface area contributed by atoms with Crippen LogP contribution in [0, 0.1) is 0 Å². The number of allylic oxidation sites excluding steroid dienone is 17. The molecule has 6 heteroatoms. The Morgan fingerprint density at radius 1 is 0.293 bits per heavy atom. The van der Waals surface area contributed by atoms with E-state index in [1.54, 1.807) is 6.08 Å². The van der Waals surface area contributed by atoms with Gasteiger partial charge in [0.1, 0.15) is 13.2 Å². The Bertz CT molecular complexity index is 1520. The molecule has 0 heterocycles. The molecule has 0 N–H and O–H groups in total. The molecule has 0 aromatic heterocycles. The van der Waals surface area contributed by atoms with Crippen LogP contribution in [0.4, 0.5) is 0 Å². The molecule has 0 aromatic rings. The third-order valence-corrected chi connectivity index (χ3v) is 13.3. The van der Waals surface area contributed by atoms with E-state index in [-0.39, 0.29) is 38.0 Å². The molecule has 6 nitrogen and oxygen atoms in total. The fraction of sp³-hybridized carbons (Fsp3) is 0.696. The molecule has 0 aliphatic carbocycles. The van der Waals surface area contributed by atoms with E-state index in [2.05, 4.69) is 106 Å². The maximum absolute atomic E-state index is 12.8. The standard InChI is InChI=1S/C69H116O6/c1-4-7-10-13-16-19-22-25-27-28-29-30-31-32-33-34-35-36-37-38-39-40-42-44-47-50-53-56-59-62-68(71)74-65-66(64-73-67(70)61-58-55-52-49-46-43-24-21-18-15-12-9-6-3)75-69(72)63-60-57-54-51-48-45-41-26-23-20-17-14-11-8-5-2/h8-9,11-12,17-18,20-21,26,41,43,46,48,51-52,55,57,60,66H,4-7,10,13-16,19,22-25,27-40,42,44-45,47,49-50,53-54,56,58-59,61-65H2,1-3H3/b11-8-,12-9-,20-17-,21-18-,41-26-,46-43-,51-48-,55-52-,60-57-. The van der Waals surface area contributed by atoms with Crippen LogP contribution in [0.5, 0.6) is 0 Å². The van der Waals surface area contributed by atoms with Gasteiger partial charge < -0.3 is 14.2 Å². The summed E-state index contributed by atoms with van der Waals surface area (Å²) in [5, 5.41) is 0. The molecule has 0 bridgehead atoms. The molecule has 0 amide bonds. The van der Waals surface area contributed by atoms with Gasteiger partial charge >= 0.3 is 17.9 Å². The monoisotopic (exact) mass is 1040 g/mol. The van der Waals surface area contributed by atoms with Crippen LogP contribution in [0.3, 0.4) is 0 Å². The van der Waals surface area contributed by atoms with Gasteiger partial charge in [-0.2, -0.15) is 0 Å². The largest absolute Gasteiger partial charge is 0.462 e. The van der Waals surface area contributed by atoms with Gasteiger partial charge in [0, 0.05) is 12.8 Å². The zero-order valence-corrected chi connectivity index (χ0v) is 49.0. The van der Waals surface area contributed by atoms with E-state index in [1.165, 1.54) is 167 Å². The number of carbonyl (C=O) groups is 3. The molecule has 428 valence electrons. The van der Waals surface area contributed by atoms with Gasteiger partial charge in [-0.1, -0.05) is 310 Å². The van der Waals surface area contributed by atoms with E-state index < -0.39 is 12.1 Å². The van der Waals surface area contributed by atoms with E-state index in [1.807, 2.05) is 18.2 Å². The van der Waals surface area contributed by atoms with Gasteiger partial charge in [-0.15, -0.1) is 0 Å². The Balaban J connectivity index is 4.28. The molecule has 75 heavy (non-hydrogen) atoms. The van der Waals surface area contributed by atoms with Crippen LogP contribution in [-0.2, 0) is 28.6 Å². The van der Waals surface area contributed by atoms with Crippen LogP contribution in [0.15, 0.2) is 109 Å². The van der Waals surface area contributed by atoms with Crippen molar-refractivity contribution in [3.8, 4) is 0 Å². The van der Waals surface area contributed by atoms with Crippen molar-refractivity contribution in [2.45, 2.75) is 297 Å². The summed E-state index contributed by atoms with van der Waals surface area (Å²) in [6.45, 7) is 6.28. The number of unbranched alkanes of at least 4 members (excludes halogenated alkanes) is 28. The summed E-state index contributed by atoms with van der Waals surface area (Å²) in [7, 11) is 0. The summed E-state index contributed by atoms with van der Waals surface area (Å²) >= 11 is 0. The zero-order valence-electron chi connectivity index (χ0n) is 49.0. The first-order chi connectivity index (χ1) is 37.0. The summed E-state index contributed by atoms with van der Waals surface area (Å²) < 4.78 is 16.7. The van der Waals surface area contributed by atoms with Crippen molar-refractivity contribution in [3.63, 3.8) is 0 Å². The minimum Gasteiger partial charge on any atom is -0.462 e. The first-order valence-corrected chi connectivity index (χ1v) is 31.4. The Morgan fingerprint density at radius 2 is 0.560 bits per heavy atom. The van der Waals surface area contributed by atoms with Gasteiger partial charge in [0.2, 0.25) is 0 Å². The molecule has 1 unspecified atom stereocenters. The average molecular weight is 1040 g/mol. The van der Waals surface area contributed by atoms with Crippen LogP contribution in [0.2, 0.25) is 0 Å². The van der Waals surface area contributed by atoms with Gasteiger partial charge in [-0.05, 0) is 70.6 Å². The molecular formula is C69H116O6. The second-order valence-electron chi connectivity index (χ2n) is 20.6. The van der Waals surface area contributed by atoms with Crippen molar-refractivity contribution in [1.29, 1.82) is 0 Å². The lowest BCUT2D eigenvalue weighted by atomic mass is 10.0. The second-order valence-corrected chi connectivity index (χ2v) is 20.6. The second kappa shape index (κ2) is 62.6. The number of ether oxygens (including phenoxy) is 3. The van der Waals surface area contributed by atoms with Gasteiger partial charge in [0.15, 0.2) is 6.10 Å². The van der Waals surface area contributed by atoms with Crippen LogP contribution in [0.1, 0.15) is 290 Å². The lowest BCUT2D eigenvalue weighted by Gasteiger charge is -2.18. The third-order valence-electron chi connectivity index (χ3n) is 13.3. The molecule has 0 aliphatic rings. The average Bonchev–Trinajstić information content (AvgIpc) is 3.41. The Hall–Kier alpha value is -3.93. The van der Waals surface area contributed by atoms with Gasteiger partial charge in [0.05, 0.1) is 6.42 Å². The van der Waals surface area contributed by atoms with Crippen molar-refractivity contribution in [1.82, 2.24) is 0 Å². The summed E-state index contributed by atoms with van der Waals surface area (Å²) in [5.41, 5.74) is 0. The smallest absolute Gasteiger partial charge is 0.310 e. The maximum Gasteiger partial charge on any atom is 0.310 e. The van der Waals surface area contributed by atoms with Crippen LogP contribution >= 0.6 is 0 Å². The van der Waals surface area contributed by atoms with Gasteiger partial charge in [-0.3, -0.25) is 14.4 Å². The topological polar surface area (TPSA) is 78.9 Å². The van der Waals surface area contributed by atoms with Crippen molar-refractivity contribution in [3.05, 3.63) is 109 Å². The fourth-order valence-electron chi connectivity index (χ4n) is 8.71. The number of hydrogen-bond donors (Lipinski definition) is 0. The highest BCUT2D eigenvalue weighted by Crippen LogP contribution is 2.17. The summed E-state index contributed by atoms with van der Waals surface area (Å²) in [4.78, 5) is 38.1. The highest BCUT2D eigenvalue weighted by molar-refractivity contribution is 5.72. The van der Waals surface area contributed by atoms with E-state index in [4.69, 9.17) is 14.2 Å². The predicted molar refractivity (Wildman–Crippen MR) is 325 cm³/mol. The Labute approximate surface area is 463 Å². The Morgan fingerprint density at radius 3 is 0.880 bits per heavy atom. The van der Waals surface area contributed by atoms with Crippen molar-refractivity contribution in [2.75, 3.05) is 13.2 Å². The molecule has 1 atom stereocenters. The van der Waals surface area contributed by atoms with Crippen LogP contribution < -0.4 is 0 Å². The highest BCUT2D eigenvalue weighted by atomic mass is 16.6. The molecule has 0 aromatic carbocycles. The predicted octanol–water partition coefficient (Wildman–Crippen LogP) is 21.4. The lowest BCUT2D eigenvalue weighted by Crippen LogP contribution is -2.30. The van der Waals surface area contributed by atoms with E-state index >= 15 is 0 Å². The lowest BCUT2D eigenvalue weighted by molar-refractivity contribution is -0.166. The molecule has 0 fully saturated rings. The van der Waals surface area contributed by atoms with Crippen molar-refractivity contribution in [2.24, 2.45) is 0 Å². The van der Waals surface area contributed by atoms with Gasteiger partial charge in [0.25, 0.3) is 0 Å². The molecule has 0 rings (SSSR count). The van der Waals surface area contributed by atoms with Crippen molar-refractivity contribution >= 4 is 17.9 Å². The molecular weight excluding hydrogens is 925 g/mol. The molecule has 0 spiro atoms. The highest BCUT2D eigenvalue weighted by Gasteiger charge is 2.19. The number of rotatable bonds is 56. The zero-order chi connectivity index (χ0) is 54.3. The normalized spacial score (nSPS) is 12.8. The number of esters is 3. The minimum absolute atomic E-state index is 0.0808. The third kappa shape index (κ3) is 60.8. The molecule has 0 radical (unpaired) electrons. The SMILES string of the molecule is CC/C=C\C/C=C\C/C=C\C/C=C\C/C=C\CC(=O)OC(COC(=O)CC/C=C\C/C=C\C/C=C\C/C=C\CC)COC(=O)CCCCCCCCCCCCCCCCCCCCCCCCCCCCCCC. The van der Waals surface area contributed by atoms with Crippen LogP contribution in [0.25, 0.3) is 0 Å². The quantitative estimate of drug-likeness (QED) is 0.0261. The summed E-state index contributed by atoms with van der Waals surface area (Å²) in [5.74, 6) is -1.15. The maximum atomic E-state index is 12.8. The first kappa shape index (κ1) is 71.1. The fourth-order valence-corrected chi connectivity index (χ4v) is 8.71. The van der Waals surface area contributed by atoms with E-state index in [0.717, 1.165) is 70.6 Å². The minimum atomic E-state index is -0.862. The summed E-state index contributed by atoms with van der Waals surface area (Å²) in [6, 6.07) is 0. The summed E-state index contributed by atoms with van der Waals surface area (Å²) in [6.07, 6.45) is 86.0. The van der Waals surface area contributed by atoms with E-state index in [9.17, 15) is 14.4 Å².